The zero-order valence-electron chi connectivity index (χ0n) is 7.34. The van der Waals surface area contributed by atoms with Crippen LogP contribution in [0.1, 0.15) is 12.8 Å². The Balaban J connectivity index is 1.97. The highest BCUT2D eigenvalue weighted by Crippen LogP contribution is 2.03. The molecule has 0 aromatic carbocycles. The number of hydrogen-bond donors (Lipinski definition) is 1. The number of nitrogens with one attached hydrogen (secondary N) is 1. The quantitative estimate of drug-likeness (QED) is 0.604. The molecular weight excluding hydrogens is 158 g/mol. The molecule has 1 aliphatic rings. The maximum atomic E-state index is 10.7. The Bertz CT molecular complexity index is 143. The summed E-state index contributed by atoms with van der Waals surface area (Å²) in [5.74, 6) is -0.207. The van der Waals surface area contributed by atoms with Gasteiger partial charge in [0.2, 0.25) is 0 Å². The zero-order chi connectivity index (χ0) is 8.81. The van der Waals surface area contributed by atoms with E-state index in [1.807, 2.05) is 0 Å². The van der Waals surface area contributed by atoms with Gasteiger partial charge in [0.05, 0.1) is 26.2 Å². The van der Waals surface area contributed by atoms with Gasteiger partial charge in [0.25, 0.3) is 0 Å². The van der Waals surface area contributed by atoms with Crippen LogP contribution in [0.25, 0.3) is 0 Å². The Morgan fingerprint density at radius 2 is 2.50 bits per heavy atom. The lowest BCUT2D eigenvalue weighted by Crippen LogP contribution is -2.18. The second-order valence-corrected chi connectivity index (χ2v) is 2.81. The van der Waals surface area contributed by atoms with Crippen molar-refractivity contribution in [1.29, 1.82) is 0 Å². The molecule has 0 radical (unpaired) electrons. The van der Waals surface area contributed by atoms with Gasteiger partial charge in [-0.3, -0.25) is 4.79 Å². The van der Waals surface area contributed by atoms with Gasteiger partial charge in [0, 0.05) is 6.54 Å². The van der Waals surface area contributed by atoms with E-state index in [4.69, 9.17) is 4.74 Å². The van der Waals surface area contributed by atoms with Gasteiger partial charge in [0.1, 0.15) is 0 Å². The van der Waals surface area contributed by atoms with Crippen LogP contribution in [-0.2, 0) is 14.3 Å². The Kier molecular flexibility index (Phi) is 4.04. The topological polar surface area (TPSA) is 47.6 Å². The molecule has 0 aliphatic carbocycles. The lowest BCUT2D eigenvalue weighted by Gasteiger charge is -2.08. The summed E-state index contributed by atoms with van der Waals surface area (Å²) in [6, 6.07) is 0. The highest BCUT2D eigenvalue weighted by atomic mass is 16.5. The Morgan fingerprint density at radius 3 is 3.08 bits per heavy atom. The van der Waals surface area contributed by atoms with Crippen LogP contribution < -0.4 is 5.32 Å². The molecule has 1 atom stereocenters. The summed E-state index contributed by atoms with van der Waals surface area (Å²) in [6.45, 7) is 2.39. The minimum absolute atomic E-state index is 0.207. The lowest BCUT2D eigenvalue weighted by molar-refractivity contribution is -0.142. The molecule has 0 unspecified atom stereocenters. The van der Waals surface area contributed by atoms with Crippen LogP contribution in [0.5, 0.6) is 0 Å². The summed E-state index contributed by atoms with van der Waals surface area (Å²) in [4.78, 5) is 10.7. The van der Waals surface area contributed by atoms with E-state index in [-0.39, 0.29) is 12.1 Å². The highest BCUT2D eigenvalue weighted by molar-refractivity contribution is 5.69. The van der Waals surface area contributed by atoms with E-state index in [2.05, 4.69) is 10.1 Å². The van der Waals surface area contributed by atoms with Crippen molar-refractivity contribution in [2.24, 2.45) is 0 Å². The molecule has 70 valence electrons. The number of esters is 1. The molecule has 0 spiro atoms. The van der Waals surface area contributed by atoms with Crippen molar-refractivity contribution in [3.05, 3.63) is 0 Å². The van der Waals surface area contributed by atoms with Crippen molar-refractivity contribution >= 4 is 5.97 Å². The SMILES string of the molecule is COC(=O)CCO[C@@H]1CCNC1. The van der Waals surface area contributed by atoms with Crippen LogP contribution in [0.15, 0.2) is 0 Å². The molecule has 4 nitrogen and oxygen atoms in total. The Morgan fingerprint density at radius 1 is 1.67 bits per heavy atom. The summed E-state index contributed by atoms with van der Waals surface area (Å²) in [5, 5.41) is 3.18. The standard InChI is InChI=1S/C8H15NO3/c1-11-8(10)3-5-12-7-2-4-9-6-7/h7,9H,2-6H2,1H3/t7-/m1/s1. The van der Waals surface area contributed by atoms with Crippen LogP contribution in [0.4, 0.5) is 0 Å². The molecule has 0 saturated carbocycles. The molecule has 1 heterocycles. The third kappa shape index (κ3) is 3.19. The monoisotopic (exact) mass is 173 g/mol. The maximum Gasteiger partial charge on any atom is 0.307 e. The van der Waals surface area contributed by atoms with E-state index in [0.29, 0.717) is 13.0 Å². The predicted octanol–water partition coefficient (Wildman–Crippen LogP) is -0.0720. The van der Waals surface area contributed by atoms with Gasteiger partial charge in [-0.25, -0.2) is 0 Å². The average Bonchev–Trinajstić information content (AvgIpc) is 2.57. The van der Waals surface area contributed by atoms with Crippen LogP contribution >= 0.6 is 0 Å². The molecule has 0 amide bonds. The van der Waals surface area contributed by atoms with Gasteiger partial charge < -0.3 is 14.8 Å². The first kappa shape index (κ1) is 9.48. The zero-order valence-corrected chi connectivity index (χ0v) is 7.34. The fraction of sp³-hybridized carbons (Fsp3) is 0.875. The fourth-order valence-corrected chi connectivity index (χ4v) is 1.18. The summed E-state index contributed by atoms with van der Waals surface area (Å²) in [6.07, 6.45) is 1.68. The van der Waals surface area contributed by atoms with E-state index in [9.17, 15) is 4.79 Å². The first-order valence-corrected chi connectivity index (χ1v) is 4.22. The molecule has 1 rings (SSSR count). The number of carbonyl (C=O) groups excluding carboxylic acids is 1. The van der Waals surface area contributed by atoms with Gasteiger partial charge in [-0.1, -0.05) is 0 Å². The largest absolute Gasteiger partial charge is 0.469 e. The molecular formula is C8H15NO3. The third-order valence-electron chi connectivity index (χ3n) is 1.90. The second kappa shape index (κ2) is 5.11. The molecule has 12 heavy (non-hydrogen) atoms. The van der Waals surface area contributed by atoms with E-state index in [0.717, 1.165) is 19.5 Å². The number of carbonyl (C=O) groups is 1. The summed E-state index contributed by atoms with van der Waals surface area (Å²) in [5.41, 5.74) is 0. The molecule has 0 aromatic heterocycles. The normalized spacial score (nSPS) is 22.6. The molecule has 1 fully saturated rings. The smallest absolute Gasteiger partial charge is 0.307 e. The van der Waals surface area contributed by atoms with Gasteiger partial charge >= 0.3 is 5.97 Å². The third-order valence-corrected chi connectivity index (χ3v) is 1.90. The van der Waals surface area contributed by atoms with E-state index >= 15 is 0 Å². The number of ether oxygens (including phenoxy) is 2. The predicted molar refractivity (Wildman–Crippen MR) is 43.9 cm³/mol. The van der Waals surface area contributed by atoms with Crippen molar-refractivity contribution in [1.82, 2.24) is 5.32 Å². The second-order valence-electron chi connectivity index (χ2n) is 2.81. The maximum absolute atomic E-state index is 10.7. The van der Waals surface area contributed by atoms with Gasteiger partial charge in [-0.2, -0.15) is 0 Å². The number of methoxy groups -OCH3 is 1. The number of rotatable bonds is 4. The first-order valence-electron chi connectivity index (χ1n) is 4.22. The van der Waals surface area contributed by atoms with Crippen molar-refractivity contribution in [3.8, 4) is 0 Å². The van der Waals surface area contributed by atoms with E-state index < -0.39 is 0 Å². The van der Waals surface area contributed by atoms with Crippen molar-refractivity contribution in [2.45, 2.75) is 18.9 Å². The number of hydrogen-bond acceptors (Lipinski definition) is 4. The average molecular weight is 173 g/mol. The first-order chi connectivity index (χ1) is 5.83. The molecule has 0 aromatic rings. The van der Waals surface area contributed by atoms with Crippen molar-refractivity contribution in [2.75, 3.05) is 26.8 Å². The molecule has 4 heteroatoms. The minimum Gasteiger partial charge on any atom is -0.469 e. The van der Waals surface area contributed by atoms with Crippen molar-refractivity contribution in [3.63, 3.8) is 0 Å². The van der Waals surface area contributed by atoms with Crippen LogP contribution in [-0.4, -0.2) is 38.9 Å². The molecule has 0 bridgehead atoms. The summed E-state index contributed by atoms with van der Waals surface area (Å²) >= 11 is 0. The van der Waals surface area contributed by atoms with Crippen LogP contribution in [0.3, 0.4) is 0 Å². The molecule has 1 N–H and O–H groups in total. The van der Waals surface area contributed by atoms with Gasteiger partial charge in [-0.05, 0) is 13.0 Å². The van der Waals surface area contributed by atoms with Crippen LogP contribution in [0.2, 0.25) is 0 Å². The van der Waals surface area contributed by atoms with Crippen LogP contribution in [0, 0.1) is 0 Å². The Labute approximate surface area is 72.2 Å². The molecule has 1 saturated heterocycles. The summed E-state index contributed by atoms with van der Waals surface area (Å²) < 4.78 is 9.89. The van der Waals surface area contributed by atoms with Gasteiger partial charge in [-0.15, -0.1) is 0 Å². The van der Waals surface area contributed by atoms with E-state index in [1.165, 1.54) is 7.11 Å². The van der Waals surface area contributed by atoms with E-state index in [1.54, 1.807) is 0 Å². The Hall–Kier alpha value is -0.610. The fourth-order valence-electron chi connectivity index (χ4n) is 1.18. The molecule has 1 aliphatic heterocycles. The highest BCUT2D eigenvalue weighted by Gasteiger charge is 2.14. The van der Waals surface area contributed by atoms with Crippen molar-refractivity contribution < 1.29 is 14.3 Å². The van der Waals surface area contributed by atoms with Gasteiger partial charge in [0.15, 0.2) is 0 Å². The minimum atomic E-state index is -0.207. The summed E-state index contributed by atoms with van der Waals surface area (Å²) in [7, 11) is 1.39. The lowest BCUT2D eigenvalue weighted by atomic mass is 10.3.